The molecule has 66 valence electrons. The van der Waals surface area contributed by atoms with Gasteiger partial charge >= 0.3 is 0 Å². The summed E-state index contributed by atoms with van der Waals surface area (Å²) in [5.74, 6) is 0.984. The van der Waals surface area contributed by atoms with Crippen molar-refractivity contribution in [3.63, 3.8) is 0 Å². The van der Waals surface area contributed by atoms with Crippen molar-refractivity contribution in [1.82, 2.24) is 0 Å². The number of thioether (sulfide) groups is 1. The van der Waals surface area contributed by atoms with Crippen LogP contribution in [0.2, 0.25) is 0 Å². The first kappa shape index (κ1) is 9.36. The Morgan fingerprint density at radius 2 is 2.18 bits per heavy atom. The van der Waals surface area contributed by atoms with Crippen LogP contribution >= 0.6 is 11.8 Å². The predicted octanol–water partition coefficient (Wildman–Crippen LogP) is 1.02. The lowest BCUT2D eigenvalue weighted by Crippen LogP contribution is -2.15. The summed E-state index contributed by atoms with van der Waals surface area (Å²) in [5.41, 5.74) is 0. The summed E-state index contributed by atoms with van der Waals surface area (Å²) in [6, 6.07) is 0. The third-order valence-corrected chi connectivity index (χ3v) is 3.55. The zero-order valence-electron chi connectivity index (χ0n) is 6.70. The van der Waals surface area contributed by atoms with E-state index < -0.39 is 0 Å². The largest absolute Gasteiger partial charge is 0.396 e. The van der Waals surface area contributed by atoms with Gasteiger partial charge in [0.05, 0.1) is 6.10 Å². The van der Waals surface area contributed by atoms with Gasteiger partial charge in [-0.2, -0.15) is 11.8 Å². The fourth-order valence-corrected chi connectivity index (χ4v) is 2.69. The van der Waals surface area contributed by atoms with E-state index >= 15 is 0 Å². The van der Waals surface area contributed by atoms with E-state index in [1.807, 2.05) is 0 Å². The minimum absolute atomic E-state index is 0.0845. The molecule has 0 unspecified atom stereocenters. The van der Waals surface area contributed by atoms with Gasteiger partial charge in [0.25, 0.3) is 0 Å². The molecule has 0 aromatic heterocycles. The summed E-state index contributed by atoms with van der Waals surface area (Å²) in [6.45, 7) is 0.274. The lowest BCUT2D eigenvalue weighted by atomic mass is 10.3. The van der Waals surface area contributed by atoms with Gasteiger partial charge in [-0.1, -0.05) is 0 Å². The second-order valence-electron chi connectivity index (χ2n) is 2.98. The van der Waals surface area contributed by atoms with Gasteiger partial charge < -0.3 is 10.2 Å². The van der Waals surface area contributed by atoms with E-state index in [4.69, 9.17) is 5.11 Å². The molecular formula is C8H16O2S. The minimum atomic E-state index is -0.0845. The smallest absolute Gasteiger partial charge is 0.0658 e. The zero-order chi connectivity index (χ0) is 8.10. The first-order valence-electron chi connectivity index (χ1n) is 4.25. The van der Waals surface area contributed by atoms with Gasteiger partial charge in [-0.25, -0.2) is 0 Å². The summed E-state index contributed by atoms with van der Waals surface area (Å²) in [4.78, 5) is 0. The first-order valence-corrected chi connectivity index (χ1v) is 5.30. The fraction of sp³-hybridized carbons (Fsp3) is 1.00. The van der Waals surface area contributed by atoms with Gasteiger partial charge in [0, 0.05) is 11.9 Å². The Morgan fingerprint density at radius 3 is 2.73 bits per heavy atom. The van der Waals surface area contributed by atoms with E-state index in [1.54, 1.807) is 11.8 Å². The van der Waals surface area contributed by atoms with Crippen molar-refractivity contribution in [3.8, 4) is 0 Å². The van der Waals surface area contributed by atoms with Crippen LogP contribution in [0.5, 0.6) is 0 Å². The molecule has 0 aromatic rings. The van der Waals surface area contributed by atoms with Gasteiger partial charge in [0.2, 0.25) is 0 Å². The molecule has 1 aliphatic rings. The SMILES string of the molecule is OCCCS[C@@H]1CCC[C@H]1O. The van der Waals surface area contributed by atoms with Crippen molar-refractivity contribution in [1.29, 1.82) is 0 Å². The Hall–Kier alpha value is 0.270. The highest BCUT2D eigenvalue weighted by Crippen LogP contribution is 2.29. The molecule has 2 nitrogen and oxygen atoms in total. The molecule has 3 heteroatoms. The van der Waals surface area contributed by atoms with Crippen LogP contribution in [0.25, 0.3) is 0 Å². The highest BCUT2D eigenvalue weighted by atomic mass is 32.2. The topological polar surface area (TPSA) is 40.5 Å². The summed E-state index contributed by atoms with van der Waals surface area (Å²) >= 11 is 1.81. The molecular weight excluding hydrogens is 160 g/mol. The summed E-state index contributed by atoms with van der Waals surface area (Å²) < 4.78 is 0. The molecule has 2 N–H and O–H groups in total. The maximum atomic E-state index is 9.40. The molecule has 0 heterocycles. The van der Waals surface area contributed by atoms with Crippen LogP contribution in [0.4, 0.5) is 0 Å². The Kier molecular flexibility index (Phi) is 4.26. The van der Waals surface area contributed by atoms with Crippen LogP contribution < -0.4 is 0 Å². The molecule has 0 aromatic carbocycles. The van der Waals surface area contributed by atoms with Crippen LogP contribution in [-0.4, -0.2) is 33.9 Å². The highest BCUT2D eigenvalue weighted by Gasteiger charge is 2.24. The zero-order valence-corrected chi connectivity index (χ0v) is 7.52. The standard InChI is InChI=1S/C8H16O2S/c9-5-2-6-11-8-4-1-3-7(8)10/h7-10H,1-6H2/t7-,8-/m1/s1. The predicted molar refractivity (Wildman–Crippen MR) is 47.8 cm³/mol. The molecule has 0 bridgehead atoms. The molecule has 0 amide bonds. The average Bonchev–Trinajstić information content (AvgIpc) is 2.37. The van der Waals surface area contributed by atoms with Crippen molar-refractivity contribution in [2.24, 2.45) is 0 Å². The van der Waals surface area contributed by atoms with Crippen LogP contribution in [0, 0.1) is 0 Å². The summed E-state index contributed by atoms with van der Waals surface area (Å²) in [5, 5.41) is 18.4. The molecule has 0 radical (unpaired) electrons. The van der Waals surface area contributed by atoms with Gasteiger partial charge in [0.15, 0.2) is 0 Å². The molecule has 1 fully saturated rings. The van der Waals surface area contributed by atoms with E-state index in [0.29, 0.717) is 5.25 Å². The molecule has 1 aliphatic carbocycles. The van der Waals surface area contributed by atoms with Crippen molar-refractivity contribution >= 4 is 11.8 Å². The van der Waals surface area contributed by atoms with Crippen LogP contribution in [-0.2, 0) is 0 Å². The number of aliphatic hydroxyl groups excluding tert-OH is 2. The average molecular weight is 176 g/mol. The summed E-state index contributed by atoms with van der Waals surface area (Å²) in [7, 11) is 0. The molecule has 0 saturated heterocycles. The second-order valence-corrected chi connectivity index (χ2v) is 4.33. The molecule has 1 saturated carbocycles. The van der Waals surface area contributed by atoms with E-state index in [2.05, 4.69) is 0 Å². The van der Waals surface area contributed by atoms with Crippen molar-refractivity contribution in [2.45, 2.75) is 37.0 Å². The normalized spacial score (nSPS) is 31.1. The van der Waals surface area contributed by atoms with Crippen molar-refractivity contribution in [2.75, 3.05) is 12.4 Å². The maximum absolute atomic E-state index is 9.40. The Balaban J connectivity index is 2.05. The quantitative estimate of drug-likeness (QED) is 0.628. The van der Waals surface area contributed by atoms with Crippen LogP contribution in [0.1, 0.15) is 25.7 Å². The number of hydrogen-bond donors (Lipinski definition) is 2. The van der Waals surface area contributed by atoms with Gasteiger partial charge in [-0.15, -0.1) is 0 Å². The fourth-order valence-electron chi connectivity index (χ4n) is 1.40. The highest BCUT2D eigenvalue weighted by molar-refractivity contribution is 7.99. The Bertz CT molecular complexity index is 108. The molecule has 2 atom stereocenters. The Morgan fingerprint density at radius 1 is 1.36 bits per heavy atom. The monoisotopic (exact) mass is 176 g/mol. The number of aliphatic hydroxyl groups is 2. The van der Waals surface area contributed by atoms with E-state index in [0.717, 1.165) is 31.4 Å². The Labute approximate surface area is 72.0 Å². The lowest BCUT2D eigenvalue weighted by molar-refractivity contribution is 0.188. The second kappa shape index (κ2) is 5.01. The molecule has 0 aliphatic heterocycles. The third kappa shape index (κ3) is 3.01. The summed E-state index contributed by atoms with van der Waals surface area (Å²) in [6.07, 6.45) is 4.05. The van der Waals surface area contributed by atoms with Gasteiger partial charge in [-0.05, 0) is 31.4 Å². The minimum Gasteiger partial charge on any atom is -0.396 e. The van der Waals surface area contributed by atoms with E-state index in [9.17, 15) is 5.11 Å². The van der Waals surface area contributed by atoms with Crippen molar-refractivity contribution < 1.29 is 10.2 Å². The first-order chi connectivity index (χ1) is 5.34. The molecule has 1 rings (SSSR count). The van der Waals surface area contributed by atoms with E-state index in [-0.39, 0.29) is 12.7 Å². The van der Waals surface area contributed by atoms with Gasteiger partial charge in [-0.3, -0.25) is 0 Å². The number of hydrogen-bond acceptors (Lipinski definition) is 3. The molecule has 11 heavy (non-hydrogen) atoms. The van der Waals surface area contributed by atoms with Crippen LogP contribution in [0.3, 0.4) is 0 Å². The van der Waals surface area contributed by atoms with Gasteiger partial charge in [0.1, 0.15) is 0 Å². The van der Waals surface area contributed by atoms with Crippen LogP contribution in [0.15, 0.2) is 0 Å². The van der Waals surface area contributed by atoms with E-state index in [1.165, 1.54) is 0 Å². The third-order valence-electron chi connectivity index (χ3n) is 2.05. The molecule has 0 spiro atoms. The van der Waals surface area contributed by atoms with Crippen molar-refractivity contribution in [3.05, 3.63) is 0 Å². The number of rotatable bonds is 4. The maximum Gasteiger partial charge on any atom is 0.0658 e. The lowest BCUT2D eigenvalue weighted by Gasteiger charge is -2.12.